The van der Waals surface area contributed by atoms with Crippen molar-refractivity contribution in [2.45, 2.75) is 32.6 Å². The lowest BCUT2D eigenvalue weighted by molar-refractivity contribution is -0.123. The zero-order valence-electron chi connectivity index (χ0n) is 7.62. The minimum Gasteiger partial charge on any atom is -0.299 e. The molecule has 0 N–H and O–H groups in total. The number of allylic oxidation sites excluding steroid dienone is 2. The maximum Gasteiger partial charge on any atom is 0.136 e. The Bertz CT molecular complexity index is 217. The van der Waals surface area contributed by atoms with Crippen molar-refractivity contribution in [3.05, 3.63) is 12.2 Å². The Balaban J connectivity index is 1.98. The van der Waals surface area contributed by atoms with Crippen LogP contribution in [0.5, 0.6) is 0 Å². The molecule has 2 aliphatic carbocycles. The SMILES string of the molecule is CCCC(=O)[C@H]1C[C@H]2C=C[C@@H]1C2. The van der Waals surface area contributed by atoms with Crippen LogP contribution in [0.4, 0.5) is 0 Å². The number of rotatable bonds is 3. The molecule has 1 fully saturated rings. The van der Waals surface area contributed by atoms with Crippen molar-refractivity contribution in [1.29, 1.82) is 0 Å². The zero-order chi connectivity index (χ0) is 8.55. The Morgan fingerprint density at radius 3 is 2.75 bits per heavy atom. The van der Waals surface area contributed by atoms with Crippen molar-refractivity contribution in [1.82, 2.24) is 0 Å². The van der Waals surface area contributed by atoms with Crippen molar-refractivity contribution in [2.24, 2.45) is 17.8 Å². The number of Topliss-reactive ketones (excluding diaryl/α,β-unsaturated/α-hetero) is 1. The van der Waals surface area contributed by atoms with E-state index in [0.717, 1.165) is 25.2 Å². The molecule has 1 nitrogen and oxygen atoms in total. The largest absolute Gasteiger partial charge is 0.299 e. The third kappa shape index (κ3) is 1.21. The van der Waals surface area contributed by atoms with E-state index in [-0.39, 0.29) is 0 Å². The molecule has 0 aromatic carbocycles. The van der Waals surface area contributed by atoms with E-state index in [1.165, 1.54) is 6.42 Å². The van der Waals surface area contributed by atoms with Crippen molar-refractivity contribution in [3.63, 3.8) is 0 Å². The summed E-state index contributed by atoms with van der Waals surface area (Å²) >= 11 is 0. The molecular weight excluding hydrogens is 148 g/mol. The van der Waals surface area contributed by atoms with E-state index >= 15 is 0 Å². The van der Waals surface area contributed by atoms with Crippen molar-refractivity contribution < 1.29 is 4.79 Å². The first-order valence-electron chi connectivity index (χ1n) is 5.02. The highest BCUT2D eigenvalue weighted by Gasteiger charge is 2.38. The van der Waals surface area contributed by atoms with E-state index < -0.39 is 0 Å². The molecule has 66 valence electrons. The van der Waals surface area contributed by atoms with Gasteiger partial charge in [0.2, 0.25) is 0 Å². The lowest BCUT2D eigenvalue weighted by atomic mass is 9.88. The zero-order valence-corrected chi connectivity index (χ0v) is 7.62. The summed E-state index contributed by atoms with van der Waals surface area (Å²) < 4.78 is 0. The predicted molar refractivity (Wildman–Crippen MR) is 48.8 cm³/mol. The maximum absolute atomic E-state index is 11.6. The van der Waals surface area contributed by atoms with Gasteiger partial charge in [-0.05, 0) is 31.1 Å². The Kier molecular flexibility index (Phi) is 2.03. The van der Waals surface area contributed by atoms with Gasteiger partial charge in [-0.2, -0.15) is 0 Å². The summed E-state index contributed by atoms with van der Waals surface area (Å²) in [5.41, 5.74) is 0. The first-order valence-corrected chi connectivity index (χ1v) is 5.02. The van der Waals surface area contributed by atoms with Gasteiger partial charge in [-0.1, -0.05) is 19.1 Å². The molecule has 0 heterocycles. The fourth-order valence-electron chi connectivity index (χ4n) is 2.58. The van der Waals surface area contributed by atoms with Gasteiger partial charge in [0.05, 0.1) is 0 Å². The van der Waals surface area contributed by atoms with Crippen LogP contribution >= 0.6 is 0 Å². The van der Waals surface area contributed by atoms with E-state index in [2.05, 4.69) is 19.1 Å². The lowest BCUT2D eigenvalue weighted by Crippen LogP contribution is -2.18. The van der Waals surface area contributed by atoms with Crippen LogP contribution in [0.2, 0.25) is 0 Å². The molecule has 0 spiro atoms. The molecule has 0 saturated heterocycles. The lowest BCUT2D eigenvalue weighted by Gasteiger charge is -2.15. The average Bonchev–Trinajstić information content (AvgIpc) is 2.64. The highest BCUT2D eigenvalue weighted by Crippen LogP contribution is 2.44. The predicted octanol–water partition coefficient (Wildman–Crippen LogP) is 2.57. The van der Waals surface area contributed by atoms with Gasteiger partial charge in [0.1, 0.15) is 5.78 Å². The number of carbonyl (C=O) groups is 1. The molecule has 0 aliphatic heterocycles. The molecule has 0 aromatic heterocycles. The topological polar surface area (TPSA) is 17.1 Å². The molecule has 2 aliphatic rings. The van der Waals surface area contributed by atoms with Gasteiger partial charge in [0.15, 0.2) is 0 Å². The number of fused-ring (bicyclic) bond motifs is 2. The van der Waals surface area contributed by atoms with Crippen LogP contribution < -0.4 is 0 Å². The van der Waals surface area contributed by atoms with Crippen LogP contribution in [0.25, 0.3) is 0 Å². The van der Waals surface area contributed by atoms with Crippen LogP contribution in [0.15, 0.2) is 12.2 Å². The molecule has 3 atom stereocenters. The fourth-order valence-corrected chi connectivity index (χ4v) is 2.58. The van der Waals surface area contributed by atoms with Gasteiger partial charge in [-0.25, -0.2) is 0 Å². The molecule has 0 radical (unpaired) electrons. The smallest absolute Gasteiger partial charge is 0.136 e. The molecular formula is C11H16O. The Hall–Kier alpha value is -0.590. The molecule has 1 heteroatoms. The minimum absolute atomic E-state index is 0.389. The van der Waals surface area contributed by atoms with Gasteiger partial charge >= 0.3 is 0 Å². The van der Waals surface area contributed by atoms with Gasteiger partial charge in [0, 0.05) is 12.3 Å². The summed E-state index contributed by atoms with van der Waals surface area (Å²) in [5, 5.41) is 0. The Morgan fingerprint density at radius 1 is 1.42 bits per heavy atom. The van der Waals surface area contributed by atoms with Gasteiger partial charge in [-0.3, -0.25) is 4.79 Å². The normalized spacial score (nSPS) is 37.6. The standard InChI is InChI=1S/C11H16O/c1-2-3-11(12)10-7-8-4-5-9(10)6-8/h4-5,8-10H,2-3,6-7H2,1H3/t8-,9+,10-/m0/s1. The molecule has 12 heavy (non-hydrogen) atoms. The van der Waals surface area contributed by atoms with E-state index in [9.17, 15) is 4.79 Å². The monoisotopic (exact) mass is 164 g/mol. The van der Waals surface area contributed by atoms with E-state index in [0.29, 0.717) is 17.6 Å². The van der Waals surface area contributed by atoms with Crippen LogP contribution in [-0.2, 0) is 4.79 Å². The van der Waals surface area contributed by atoms with Crippen LogP contribution in [0, 0.1) is 17.8 Å². The highest BCUT2D eigenvalue weighted by molar-refractivity contribution is 5.82. The summed E-state index contributed by atoms with van der Waals surface area (Å²) in [4.78, 5) is 11.6. The second kappa shape index (κ2) is 3.04. The molecule has 0 unspecified atom stereocenters. The van der Waals surface area contributed by atoms with Crippen molar-refractivity contribution in [3.8, 4) is 0 Å². The molecule has 2 rings (SSSR count). The van der Waals surface area contributed by atoms with Gasteiger partial charge < -0.3 is 0 Å². The maximum atomic E-state index is 11.6. The van der Waals surface area contributed by atoms with Crippen LogP contribution in [0.3, 0.4) is 0 Å². The quantitative estimate of drug-likeness (QED) is 0.586. The number of ketones is 1. The van der Waals surface area contributed by atoms with Crippen molar-refractivity contribution >= 4 is 5.78 Å². The first kappa shape index (κ1) is 8.03. The van der Waals surface area contributed by atoms with Crippen molar-refractivity contribution in [2.75, 3.05) is 0 Å². The summed E-state index contributed by atoms with van der Waals surface area (Å²) in [6, 6.07) is 0. The summed E-state index contributed by atoms with van der Waals surface area (Å²) in [7, 11) is 0. The average molecular weight is 164 g/mol. The minimum atomic E-state index is 0.389. The van der Waals surface area contributed by atoms with Crippen LogP contribution in [-0.4, -0.2) is 5.78 Å². The molecule has 0 aromatic rings. The Morgan fingerprint density at radius 2 is 2.25 bits per heavy atom. The molecule has 1 saturated carbocycles. The van der Waals surface area contributed by atoms with E-state index in [1.54, 1.807) is 0 Å². The summed E-state index contributed by atoms with van der Waals surface area (Å²) in [5.74, 6) is 2.24. The van der Waals surface area contributed by atoms with E-state index in [1.807, 2.05) is 0 Å². The molecule has 2 bridgehead atoms. The second-order valence-corrected chi connectivity index (χ2v) is 4.10. The number of carbonyl (C=O) groups excluding carboxylic acids is 1. The van der Waals surface area contributed by atoms with Crippen LogP contribution in [0.1, 0.15) is 32.6 Å². The number of hydrogen-bond donors (Lipinski definition) is 0. The number of hydrogen-bond acceptors (Lipinski definition) is 1. The fraction of sp³-hybridized carbons (Fsp3) is 0.727. The third-order valence-corrected chi connectivity index (χ3v) is 3.19. The van der Waals surface area contributed by atoms with Gasteiger partial charge in [0.25, 0.3) is 0 Å². The highest BCUT2D eigenvalue weighted by atomic mass is 16.1. The molecule has 0 amide bonds. The summed E-state index contributed by atoms with van der Waals surface area (Å²) in [6.45, 7) is 2.08. The summed E-state index contributed by atoms with van der Waals surface area (Å²) in [6.07, 6.45) is 8.74. The van der Waals surface area contributed by atoms with E-state index in [4.69, 9.17) is 0 Å². The third-order valence-electron chi connectivity index (χ3n) is 3.19. The second-order valence-electron chi connectivity index (χ2n) is 4.10. The Labute approximate surface area is 73.8 Å². The first-order chi connectivity index (χ1) is 5.81. The van der Waals surface area contributed by atoms with Gasteiger partial charge in [-0.15, -0.1) is 0 Å².